The first-order chi connectivity index (χ1) is 11.6. The largest absolute Gasteiger partial charge is 0.434 e. The third kappa shape index (κ3) is 9.78. The van der Waals surface area contributed by atoms with Crippen LogP contribution in [0.3, 0.4) is 0 Å². The maximum Gasteiger partial charge on any atom is 0.387 e. The minimum absolute atomic E-state index is 0. The SMILES string of the molecule is CCN(CC)CCCNC(=NC)NCc1ccccc1OC(F)F.I. The number of guanidine groups is 1. The van der Waals surface area contributed by atoms with E-state index in [0.717, 1.165) is 32.6 Å². The van der Waals surface area contributed by atoms with Gasteiger partial charge in [-0.15, -0.1) is 24.0 Å². The van der Waals surface area contributed by atoms with Crippen molar-refractivity contribution in [3.05, 3.63) is 29.8 Å². The molecular weight excluding hydrogens is 441 g/mol. The monoisotopic (exact) mass is 470 g/mol. The summed E-state index contributed by atoms with van der Waals surface area (Å²) >= 11 is 0. The Morgan fingerprint density at radius 1 is 1.20 bits per heavy atom. The smallest absolute Gasteiger partial charge is 0.387 e. The van der Waals surface area contributed by atoms with Crippen LogP contribution in [-0.4, -0.2) is 50.7 Å². The van der Waals surface area contributed by atoms with Crippen molar-refractivity contribution >= 4 is 29.9 Å². The van der Waals surface area contributed by atoms with E-state index >= 15 is 0 Å². The topological polar surface area (TPSA) is 48.9 Å². The molecule has 0 radical (unpaired) electrons. The normalized spacial score (nSPS) is 11.4. The number of alkyl halides is 2. The fourth-order valence-corrected chi connectivity index (χ4v) is 2.31. The van der Waals surface area contributed by atoms with Gasteiger partial charge in [-0.25, -0.2) is 0 Å². The van der Waals surface area contributed by atoms with Crippen LogP contribution < -0.4 is 15.4 Å². The highest BCUT2D eigenvalue weighted by Gasteiger charge is 2.09. The van der Waals surface area contributed by atoms with Gasteiger partial charge in [0.25, 0.3) is 0 Å². The van der Waals surface area contributed by atoms with E-state index in [-0.39, 0.29) is 29.7 Å². The molecule has 0 saturated heterocycles. The van der Waals surface area contributed by atoms with Gasteiger partial charge >= 0.3 is 6.61 Å². The lowest BCUT2D eigenvalue weighted by Gasteiger charge is -2.18. The number of aliphatic imine (C=N–C) groups is 1. The third-order valence-electron chi connectivity index (χ3n) is 3.70. The van der Waals surface area contributed by atoms with Gasteiger partial charge in [-0.1, -0.05) is 32.0 Å². The molecule has 0 aromatic heterocycles. The molecule has 1 aromatic carbocycles. The summed E-state index contributed by atoms with van der Waals surface area (Å²) in [6.07, 6.45) is 1.01. The summed E-state index contributed by atoms with van der Waals surface area (Å²) in [6, 6.07) is 6.74. The van der Waals surface area contributed by atoms with Crippen molar-refractivity contribution in [2.45, 2.75) is 33.4 Å². The van der Waals surface area contributed by atoms with Gasteiger partial charge in [0.2, 0.25) is 0 Å². The van der Waals surface area contributed by atoms with E-state index in [1.807, 2.05) is 0 Å². The molecule has 0 aliphatic heterocycles. The van der Waals surface area contributed by atoms with Crippen LogP contribution in [0.1, 0.15) is 25.8 Å². The van der Waals surface area contributed by atoms with E-state index in [2.05, 4.69) is 39.1 Å². The van der Waals surface area contributed by atoms with Crippen LogP contribution in [0.25, 0.3) is 0 Å². The lowest BCUT2D eigenvalue weighted by atomic mass is 10.2. The predicted octanol–water partition coefficient (Wildman–Crippen LogP) is 3.30. The number of para-hydroxylation sites is 1. The van der Waals surface area contributed by atoms with Crippen molar-refractivity contribution < 1.29 is 13.5 Å². The minimum atomic E-state index is -2.83. The maximum absolute atomic E-state index is 12.4. The van der Waals surface area contributed by atoms with Gasteiger partial charge in [-0.05, 0) is 32.1 Å². The highest BCUT2D eigenvalue weighted by Crippen LogP contribution is 2.19. The summed E-state index contributed by atoms with van der Waals surface area (Å²) in [6.45, 7) is 5.75. The molecule has 1 rings (SSSR count). The first-order valence-electron chi connectivity index (χ1n) is 8.30. The molecule has 0 fully saturated rings. The molecule has 144 valence electrons. The molecule has 0 heterocycles. The summed E-state index contributed by atoms with van der Waals surface area (Å²) in [5.41, 5.74) is 0.656. The summed E-state index contributed by atoms with van der Waals surface area (Å²) < 4.78 is 29.3. The van der Waals surface area contributed by atoms with Crippen LogP contribution in [0.4, 0.5) is 8.78 Å². The van der Waals surface area contributed by atoms with Gasteiger partial charge in [0.1, 0.15) is 5.75 Å². The summed E-state index contributed by atoms with van der Waals surface area (Å²) in [7, 11) is 1.68. The summed E-state index contributed by atoms with van der Waals surface area (Å²) in [4.78, 5) is 6.50. The molecule has 8 heteroatoms. The molecule has 5 nitrogen and oxygen atoms in total. The number of nitrogens with zero attached hydrogens (tertiary/aromatic N) is 2. The number of hydrogen-bond donors (Lipinski definition) is 2. The van der Waals surface area contributed by atoms with Crippen LogP contribution in [0.15, 0.2) is 29.3 Å². The van der Waals surface area contributed by atoms with Gasteiger partial charge in [0.15, 0.2) is 5.96 Å². The molecule has 0 aliphatic rings. The molecule has 0 unspecified atom stereocenters. The second kappa shape index (κ2) is 14.1. The number of ether oxygens (including phenoxy) is 1. The molecule has 0 saturated carbocycles. The highest BCUT2D eigenvalue weighted by molar-refractivity contribution is 14.0. The Hall–Kier alpha value is -1.16. The minimum Gasteiger partial charge on any atom is -0.434 e. The first kappa shape index (κ1) is 23.8. The number of hydrogen-bond acceptors (Lipinski definition) is 3. The third-order valence-corrected chi connectivity index (χ3v) is 3.70. The molecule has 0 amide bonds. The van der Waals surface area contributed by atoms with Crippen LogP contribution in [-0.2, 0) is 6.54 Å². The van der Waals surface area contributed by atoms with Crippen LogP contribution in [0, 0.1) is 0 Å². The Kier molecular flexibility index (Phi) is 13.4. The molecule has 1 aromatic rings. The molecule has 2 N–H and O–H groups in total. The van der Waals surface area contributed by atoms with Crippen LogP contribution in [0.5, 0.6) is 5.75 Å². The molecule has 0 atom stereocenters. The highest BCUT2D eigenvalue weighted by atomic mass is 127. The fourth-order valence-electron chi connectivity index (χ4n) is 2.31. The standard InChI is InChI=1S/C17H28F2N4O.HI/c1-4-23(5-2)12-8-11-21-17(20-3)22-13-14-9-6-7-10-15(14)24-16(18)19;/h6-7,9-10,16H,4-5,8,11-13H2,1-3H3,(H2,20,21,22);1H. The Balaban J connectivity index is 0.00000576. The zero-order chi connectivity index (χ0) is 17.8. The van der Waals surface area contributed by atoms with Gasteiger partial charge in [0.05, 0.1) is 0 Å². The average Bonchev–Trinajstić information content (AvgIpc) is 2.58. The number of rotatable bonds is 10. The Bertz CT molecular complexity index is 499. The molecular formula is C17H29F2IN4O. The number of benzene rings is 1. The lowest BCUT2D eigenvalue weighted by Crippen LogP contribution is -2.38. The van der Waals surface area contributed by atoms with E-state index in [1.54, 1.807) is 25.2 Å². The summed E-state index contributed by atoms with van der Waals surface area (Å²) in [5.74, 6) is 0.818. The summed E-state index contributed by atoms with van der Waals surface area (Å²) in [5, 5.41) is 6.34. The van der Waals surface area contributed by atoms with E-state index in [0.29, 0.717) is 18.1 Å². The van der Waals surface area contributed by atoms with Crippen LogP contribution >= 0.6 is 24.0 Å². The van der Waals surface area contributed by atoms with Crippen molar-refractivity contribution in [2.24, 2.45) is 4.99 Å². The van der Waals surface area contributed by atoms with E-state index < -0.39 is 6.61 Å². The Morgan fingerprint density at radius 3 is 2.48 bits per heavy atom. The van der Waals surface area contributed by atoms with Crippen molar-refractivity contribution in [1.82, 2.24) is 15.5 Å². The lowest BCUT2D eigenvalue weighted by molar-refractivity contribution is -0.0504. The van der Waals surface area contributed by atoms with E-state index in [9.17, 15) is 8.78 Å². The Morgan fingerprint density at radius 2 is 1.88 bits per heavy atom. The van der Waals surface area contributed by atoms with Crippen molar-refractivity contribution in [1.29, 1.82) is 0 Å². The predicted molar refractivity (Wildman–Crippen MR) is 109 cm³/mol. The number of nitrogens with one attached hydrogen (secondary N) is 2. The second-order valence-corrected chi connectivity index (χ2v) is 5.22. The van der Waals surface area contributed by atoms with Gasteiger partial charge in [-0.3, -0.25) is 4.99 Å². The van der Waals surface area contributed by atoms with Crippen molar-refractivity contribution in [3.8, 4) is 5.75 Å². The molecule has 0 bridgehead atoms. The Labute approximate surface area is 166 Å². The van der Waals surface area contributed by atoms with Crippen molar-refractivity contribution in [3.63, 3.8) is 0 Å². The quantitative estimate of drug-likeness (QED) is 0.239. The average molecular weight is 470 g/mol. The maximum atomic E-state index is 12.4. The van der Waals surface area contributed by atoms with Gasteiger partial charge in [0, 0.05) is 25.7 Å². The van der Waals surface area contributed by atoms with E-state index in [1.165, 1.54) is 6.07 Å². The second-order valence-electron chi connectivity index (χ2n) is 5.22. The first-order valence-corrected chi connectivity index (χ1v) is 8.30. The van der Waals surface area contributed by atoms with Crippen LogP contribution in [0.2, 0.25) is 0 Å². The molecule has 0 spiro atoms. The van der Waals surface area contributed by atoms with E-state index in [4.69, 9.17) is 0 Å². The zero-order valence-corrected chi connectivity index (χ0v) is 17.4. The van der Waals surface area contributed by atoms with Gasteiger partial charge < -0.3 is 20.3 Å². The number of halogens is 3. The molecule has 0 aliphatic carbocycles. The fraction of sp³-hybridized carbons (Fsp3) is 0.588. The van der Waals surface area contributed by atoms with Gasteiger partial charge in [-0.2, -0.15) is 8.78 Å². The zero-order valence-electron chi connectivity index (χ0n) is 15.1. The van der Waals surface area contributed by atoms with Crippen molar-refractivity contribution in [2.75, 3.05) is 33.2 Å². The molecule has 25 heavy (non-hydrogen) atoms.